The van der Waals surface area contributed by atoms with Crippen LogP contribution in [0.1, 0.15) is 16.7 Å². The number of benzene rings is 2. The molecule has 8 heteroatoms. The van der Waals surface area contributed by atoms with E-state index in [-0.39, 0.29) is 5.91 Å². The summed E-state index contributed by atoms with van der Waals surface area (Å²) in [5.41, 5.74) is 3.10. The van der Waals surface area contributed by atoms with E-state index in [1.165, 1.54) is 22.3 Å². The largest absolute Gasteiger partial charge is 0.493 e. The van der Waals surface area contributed by atoms with Crippen LogP contribution in [-0.4, -0.2) is 34.3 Å². The fraction of sp³-hybridized carbons (Fsp3) is 0.211. The van der Waals surface area contributed by atoms with Gasteiger partial charge >= 0.3 is 0 Å². The van der Waals surface area contributed by atoms with Gasteiger partial charge in [-0.1, -0.05) is 53.8 Å². The predicted molar refractivity (Wildman–Crippen MR) is 121 cm³/mol. The third-order valence-electron chi connectivity index (χ3n) is 3.81. The van der Waals surface area contributed by atoms with Crippen LogP contribution in [0.3, 0.4) is 0 Å². The number of halogens is 1. The summed E-state index contributed by atoms with van der Waals surface area (Å²) in [7, 11) is 1.60. The molecular weight excluding hydrogens is 495 g/mol. The van der Waals surface area contributed by atoms with Crippen LogP contribution >= 0.6 is 46.6 Å². The van der Waals surface area contributed by atoms with Crippen LogP contribution in [0.25, 0.3) is 0 Å². The van der Waals surface area contributed by atoms with Crippen molar-refractivity contribution in [2.75, 3.05) is 12.9 Å². The normalized spacial score (nSPS) is 14.3. The number of amides is 1. The van der Waals surface area contributed by atoms with Crippen LogP contribution in [0, 0.1) is 10.5 Å². The quantitative estimate of drug-likeness (QED) is 0.327. The van der Waals surface area contributed by atoms with E-state index in [2.05, 4.69) is 46.7 Å². The first-order valence-electron chi connectivity index (χ1n) is 8.07. The third-order valence-corrected chi connectivity index (χ3v) is 5.95. The summed E-state index contributed by atoms with van der Waals surface area (Å²) in [4.78, 5) is 11.7. The van der Waals surface area contributed by atoms with Gasteiger partial charge in [-0.3, -0.25) is 4.79 Å². The molecule has 5 nitrogen and oxygen atoms in total. The van der Waals surface area contributed by atoms with E-state index < -0.39 is 0 Å². The number of hydrogen-bond donors (Lipinski definition) is 0. The number of hydrogen-bond acceptors (Lipinski definition) is 6. The van der Waals surface area contributed by atoms with Gasteiger partial charge in [-0.2, -0.15) is 10.1 Å². The third kappa shape index (κ3) is 4.99. The molecule has 0 atom stereocenters. The molecule has 0 bridgehead atoms. The molecule has 2 aromatic rings. The summed E-state index contributed by atoms with van der Waals surface area (Å²) in [6, 6.07) is 12.0. The lowest BCUT2D eigenvalue weighted by Gasteiger charge is -2.14. The number of carbonyl (C=O) groups excluding carboxylic acids is 1. The van der Waals surface area contributed by atoms with Gasteiger partial charge in [0.05, 0.1) is 22.6 Å². The Morgan fingerprint density at radius 3 is 2.70 bits per heavy atom. The van der Waals surface area contributed by atoms with Gasteiger partial charge in [0.1, 0.15) is 6.61 Å². The van der Waals surface area contributed by atoms with E-state index in [1.807, 2.05) is 24.3 Å². The maximum absolute atomic E-state index is 11.7. The molecule has 140 valence electrons. The molecule has 1 fully saturated rings. The average molecular weight is 512 g/mol. The number of rotatable bonds is 6. The molecule has 1 saturated heterocycles. The van der Waals surface area contributed by atoms with Crippen molar-refractivity contribution in [1.82, 2.24) is 5.01 Å². The number of thiocarbonyl (C=S) groups is 1. The standard InChI is InChI=1S/C19H17IN2O3S2/c1-12-3-5-13(6-4-12)10-25-18-15(20)7-14(8-16(18)24-2)9-21-22-17(23)11-27-19(22)26/h3-9H,10-11H2,1-2H3/b21-9-. The topological polar surface area (TPSA) is 51.1 Å². The maximum atomic E-state index is 11.7. The summed E-state index contributed by atoms with van der Waals surface area (Å²) < 4.78 is 12.8. The summed E-state index contributed by atoms with van der Waals surface area (Å²) in [5, 5.41) is 5.45. The van der Waals surface area contributed by atoms with Gasteiger partial charge in [-0.25, -0.2) is 0 Å². The molecule has 0 N–H and O–H groups in total. The first-order chi connectivity index (χ1) is 13.0. The summed E-state index contributed by atoms with van der Waals surface area (Å²) in [5.74, 6) is 1.52. The Kier molecular flexibility index (Phi) is 6.72. The minimum absolute atomic E-state index is 0.110. The first-order valence-corrected chi connectivity index (χ1v) is 10.5. The Hall–Kier alpha value is -1.65. The molecule has 3 rings (SSSR count). The summed E-state index contributed by atoms with van der Waals surface area (Å²) in [6.07, 6.45) is 1.60. The Labute approximate surface area is 181 Å². The number of aryl methyl sites for hydroxylation is 1. The van der Waals surface area contributed by atoms with Gasteiger partial charge in [-0.15, -0.1) is 0 Å². The van der Waals surface area contributed by atoms with Gasteiger partial charge in [0.25, 0.3) is 5.91 Å². The lowest BCUT2D eigenvalue weighted by Crippen LogP contribution is -2.22. The lowest BCUT2D eigenvalue weighted by atomic mass is 10.2. The Bertz CT molecular complexity index is 885. The minimum Gasteiger partial charge on any atom is -0.493 e. The van der Waals surface area contributed by atoms with E-state index >= 15 is 0 Å². The molecule has 0 unspecified atom stereocenters. The second-order valence-corrected chi connectivity index (χ2v) is 8.58. The number of thioether (sulfide) groups is 1. The molecule has 1 amide bonds. The van der Waals surface area contributed by atoms with Crippen molar-refractivity contribution in [3.05, 3.63) is 56.7 Å². The van der Waals surface area contributed by atoms with Crippen molar-refractivity contribution in [2.24, 2.45) is 5.10 Å². The average Bonchev–Trinajstić information content (AvgIpc) is 2.98. The molecule has 27 heavy (non-hydrogen) atoms. The summed E-state index contributed by atoms with van der Waals surface area (Å²) >= 11 is 8.64. The number of nitrogens with zero attached hydrogens (tertiary/aromatic N) is 2. The SMILES string of the molecule is COc1cc(/C=N\N2C(=O)CSC2=S)cc(I)c1OCc1ccc(C)cc1. The van der Waals surface area contributed by atoms with Crippen LogP contribution in [0.2, 0.25) is 0 Å². The van der Waals surface area contributed by atoms with Gasteiger partial charge < -0.3 is 9.47 Å². The molecular formula is C19H17IN2O3S2. The molecule has 0 radical (unpaired) electrons. The molecule has 2 aromatic carbocycles. The zero-order chi connectivity index (χ0) is 19.4. The van der Waals surface area contributed by atoms with E-state index in [0.717, 1.165) is 14.7 Å². The Morgan fingerprint density at radius 2 is 2.07 bits per heavy atom. The Balaban J connectivity index is 1.77. The fourth-order valence-electron chi connectivity index (χ4n) is 2.38. The monoisotopic (exact) mass is 512 g/mol. The number of carbonyl (C=O) groups is 1. The van der Waals surface area contributed by atoms with Crippen LogP contribution in [0.4, 0.5) is 0 Å². The maximum Gasteiger partial charge on any atom is 0.259 e. The molecule has 1 aliphatic rings. The van der Waals surface area contributed by atoms with E-state index in [4.69, 9.17) is 21.7 Å². The smallest absolute Gasteiger partial charge is 0.259 e. The minimum atomic E-state index is -0.110. The number of methoxy groups -OCH3 is 1. The molecule has 0 saturated carbocycles. The van der Waals surface area contributed by atoms with Gasteiger partial charge in [0.2, 0.25) is 0 Å². The molecule has 1 heterocycles. The van der Waals surface area contributed by atoms with E-state index in [1.54, 1.807) is 13.3 Å². The first kappa shape index (κ1) is 20.1. The molecule has 1 aliphatic heterocycles. The van der Waals surface area contributed by atoms with Gasteiger partial charge in [-0.05, 0) is 52.8 Å². The van der Waals surface area contributed by atoms with Crippen LogP contribution in [0.5, 0.6) is 11.5 Å². The predicted octanol–water partition coefficient (Wildman–Crippen LogP) is 4.38. The zero-order valence-corrected chi connectivity index (χ0v) is 18.6. The molecule has 0 aromatic heterocycles. The van der Waals surface area contributed by atoms with Gasteiger partial charge in [0, 0.05) is 0 Å². The lowest BCUT2D eigenvalue weighted by molar-refractivity contribution is -0.123. The Morgan fingerprint density at radius 1 is 1.33 bits per heavy atom. The van der Waals surface area contributed by atoms with Crippen molar-refractivity contribution in [3.63, 3.8) is 0 Å². The van der Waals surface area contributed by atoms with Crippen molar-refractivity contribution >= 4 is 63.0 Å². The van der Waals surface area contributed by atoms with Crippen LogP contribution in [-0.2, 0) is 11.4 Å². The van der Waals surface area contributed by atoms with Crippen molar-refractivity contribution in [1.29, 1.82) is 0 Å². The highest BCUT2D eigenvalue weighted by Crippen LogP contribution is 2.34. The highest BCUT2D eigenvalue weighted by molar-refractivity contribution is 14.1. The summed E-state index contributed by atoms with van der Waals surface area (Å²) in [6.45, 7) is 2.51. The van der Waals surface area contributed by atoms with E-state index in [9.17, 15) is 4.79 Å². The highest BCUT2D eigenvalue weighted by Gasteiger charge is 2.26. The highest BCUT2D eigenvalue weighted by atomic mass is 127. The second kappa shape index (κ2) is 9.03. The van der Waals surface area contributed by atoms with E-state index in [0.29, 0.717) is 28.2 Å². The molecule has 0 aliphatic carbocycles. The number of ether oxygens (including phenoxy) is 2. The van der Waals surface area contributed by atoms with Crippen molar-refractivity contribution in [3.8, 4) is 11.5 Å². The fourth-order valence-corrected chi connectivity index (χ4v) is 4.13. The zero-order valence-electron chi connectivity index (χ0n) is 14.8. The number of hydrazone groups is 1. The van der Waals surface area contributed by atoms with Gasteiger partial charge in [0.15, 0.2) is 15.8 Å². The van der Waals surface area contributed by atoms with Crippen LogP contribution < -0.4 is 9.47 Å². The molecule has 0 spiro atoms. The van der Waals surface area contributed by atoms with Crippen molar-refractivity contribution < 1.29 is 14.3 Å². The van der Waals surface area contributed by atoms with Crippen LogP contribution in [0.15, 0.2) is 41.5 Å². The second-order valence-electron chi connectivity index (χ2n) is 5.81. The van der Waals surface area contributed by atoms with Crippen molar-refractivity contribution in [2.45, 2.75) is 13.5 Å².